The smallest absolute Gasteiger partial charge is 0.188 e. The zero-order valence-electron chi connectivity index (χ0n) is 17.0. The Morgan fingerprint density at radius 1 is 1.11 bits per heavy atom. The maximum absolute atomic E-state index is 9.25. The van der Waals surface area contributed by atoms with Crippen LogP contribution in [0.2, 0.25) is 0 Å². The first kappa shape index (κ1) is 21.5. The van der Waals surface area contributed by atoms with Gasteiger partial charge in [-0.2, -0.15) is 0 Å². The maximum Gasteiger partial charge on any atom is 0.188 e. The molecule has 4 N–H and O–H groups in total. The molecule has 0 saturated carbocycles. The Hall–Kier alpha value is -1.75. The van der Waals surface area contributed by atoms with E-state index >= 15 is 0 Å². The number of nitrogens with two attached hydrogens (primary N) is 1. The molecule has 1 fully saturated rings. The highest BCUT2D eigenvalue weighted by molar-refractivity contribution is 5.77. The van der Waals surface area contributed by atoms with Gasteiger partial charge in [0, 0.05) is 31.9 Å². The molecule has 1 heterocycles. The summed E-state index contributed by atoms with van der Waals surface area (Å²) < 4.78 is 0. The molecule has 5 heteroatoms. The van der Waals surface area contributed by atoms with Crippen molar-refractivity contribution >= 4 is 11.6 Å². The van der Waals surface area contributed by atoms with Gasteiger partial charge in [-0.3, -0.25) is 0 Å². The van der Waals surface area contributed by atoms with Crippen molar-refractivity contribution in [3.63, 3.8) is 0 Å². The first-order valence-electron chi connectivity index (χ1n) is 10.7. The van der Waals surface area contributed by atoms with Crippen molar-refractivity contribution in [3.8, 4) is 0 Å². The van der Waals surface area contributed by atoms with Crippen molar-refractivity contribution in [2.45, 2.75) is 64.8 Å². The van der Waals surface area contributed by atoms with E-state index in [2.05, 4.69) is 46.4 Å². The number of nitrogens with one attached hydrogen (secondary N) is 1. The van der Waals surface area contributed by atoms with Gasteiger partial charge in [0.15, 0.2) is 5.96 Å². The zero-order valence-corrected chi connectivity index (χ0v) is 17.0. The van der Waals surface area contributed by atoms with E-state index in [0.717, 1.165) is 38.9 Å². The quantitative estimate of drug-likeness (QED) is 0.314. The molecule has 2 rings (SSSR count). The van der Waals surface area contributed by atoms with Crippen molar-refractivity contribution in [1.29, 1.82) is 0 Å². The molecule has 1 aromatic rings. The molecule has 27 heavy (non-hydrogen) atoms. The number of rotatable bonds is 11. The van der Waals surface area contributed by atoms with Gasteiger partial charge >= 0.3 is 0 Å². The van der Waals surface area contributed by atoms with Gasteiger partial charge in [-0.25, -0.2) is 4.99 Å². The van der Waals surface area contributed by atoms with E-state index in [0.29, 0.717) is 25.0 Å². The third kappa shape index (κ3) is 8.21. The lowest BCUT2D eigenvalue weighted by Gasteiger charge is -2.32. The minimum Gasteiger partial charge on any atom is -0.396 e. The van der Waals surface area contributed by atoms with Gasteiger partial charge in [-0.15, -0.1) is 0 Å². The van der Waals surface area contributed by atoms with Crippen LogP contribution in [0.3, 0.4) is 0 Å². The molecular weight excluding hydrogens is 336 g/mol. The number of aliphatic hydroxyl groups excluding tert-OH is 1. The number of aliphatic imine (C=N–C) groups is 1. The molecule has 0 spiro atoms. The summed E-state index contributed by atoms with van der Waals surface area (Å²) in [5.74, 6) is 1.01. The van der Waals surface area contributed by atoms with E-state index in [4.69, 9.17) is 5.73 Å². The second kappa shape index (κ2) is 12.6. The summed E-state index contributed by atoms with van der Waals surface area (Å²) in [6, 6.07) is 8.62. The Balaban J connectivity index is 1.66. The Morgan fingerprint density at radius 3 is 2.44 bits per heavy atom. The van der Waals surface area contributed by atoms with Crippen molar-refractivity contribution in [1.82, 2.24) is 5.32 Å². The Kier molecular flexibility index (Phi) is 10.1. The van der Waals surface area contributed by atoms with Crippen LogP contribution in [-0.4, -0.2) is 37.3 Å². The summed E-state index contributed by atoms with van der Waals surface area (Å²) in [7, 11) is 0. The molecular formula is C22H38N4O. The number of hydrogen-bond donors (Lipinski definition) is 3. The predicted molar refractivity (Wildman–Crippen MR) is 115 cm³/mol. The molecule has 0 radical (unpaired) electrons. The molecule has 0 aliphatic carbocycles. The highest BCUT2D eigenvalue weighted by Crippen LogP contribution is 2.23. The maximum atomic E-state index is 9.25. The SMILES string of the molecule is CCCCCCCCNC(N)=NCc1ccc(N2CCC(CO)CC2)cc1. The molecule has 0 amide bonds. The third-order valence-electron chi connectivity index (χ3n) is 5.44. The van der Waals surface area contributed by atoms with Crippen LogP contribution in [0, 0.1) is 5.92 Å². The minimum absolute atomic E-state index is 0.319. The lowest BCUT2D eigenvalue weighted by molar-refractivity contribution is 0.203. The molecule has 5 nitrogen and oxygen atoms in total. The number of unbranched alkanes of at least 4 members (excludes halogenated alkanes) is 5. The Bertz CT molecular complexity index is 536. The Morgan fingerprint density at radius 2 is 1.78 bits per heavy atom. The summed E-state index contributed by atoms with van der Waals surface area (Å²) >= 11 is 0. The van der Waals surface area contributed by atoms with E-state index in [1.807, 2.05) is 0 Å². The van der Waals surface area contributed by atoms with E-state index in [9.17, 15) is 5.11 Å². The van der Waals surface area contributed by atoms with Crippen LogP contribution in [0.25, 0.3) is 0 Å². The standard InChI is InChI=1S/C22H38N4O/c1-2-3-4-5-6-7-14-24-22(23)25-17-19-8-10-21(11-9-19)26-15-12-20(18-27)13-16-26/h8-11,20,27H,2-7,12-18H2,1H3,(H3,23,24,25). The number of aliphatic hydroxyl groups is 1. The van der Waals surface area contributed by atoms with Crippen LogP contribution < -0.4 is 16.0 Å². The summed E-state index contributed by atoms with van der Waals surface area (Å²) in [6.45, 7) is 6.13. The van der Waals surface area contributed by atoms with Crippen LogP contribution >= 0.6 is 0 Å². The number of anilines is 1. The summed E-state index contributed by atoms with van der Waals surface area (Å²) in [4.78, 5) is 6.85. The molecule has 1 aromatic carbocycles. The normalized spacial score (nSPS) is 15.9. The second-order valence-electron chi connectivity index (χ2n) is 7.68. The Labute approximate surface area is 165 Å². The van der Waals surface area contributed by atoms with Gasteiger partial charge in [-0.05, 0) is 42.9 Å². The number of benzene rings is 1. The summed E-state index contributed by atoms with van der Waals surface area (Å²) in [5.41, 5.74) is 8.40. The number of piperidine rings is 1. The van der Waals surface area contributed by atoms with Gasteiger partial charge in [0.2, 0.25) is 0 Å². The van der Waals surface area contributed by atoms with Gasteiger partial charge < -0.3 is 21.1 Å². The van der Waals surface area contributed by atoms with Crippen molar-refractivity contribution in [2.75, 3.05) is 31.1 Å². The lowest BCUT2D eigenvalue weighted by atomic mass is 9.97. The van der Waals surface area contributed by atoms with Crippen molar-refractivity contribution < 1.29 is 5.11 Å². The molecule has 1 saturated heterocycles. The zero-order chi connectivity index (χ0) is 19.3. The minimum atomic E-state index is 0.319. The average Bonchev–Trinajstić information content (AvgIpc) is 2.72. The lowest BCUT2D eigenvalue weighted by Crippen LogP contribution is -2.34. The summed E-state index contributed by atoms with van der Waals surface area (Å²) in [6.07, 6.45) is 9.86. The monoisotopic (exact) mass is 374 g/mol. The molecule has 152 valence electrons. The molecule has 1 aliphatic heterocycles. The largest absolute Gasteiger partial charge is 0.396 e. The van der Waals surface area contributed by atoms with Crippen LogP contribution in [-0.2, 0) is 6.54 Å². The van der Waals surface area contributed by atoms with E-state index < -0.39 is 0 Å². The average molecular weight is 375 g/mol. The highest BCUT2D eigenvalue weighted by Gasteiger charge is 2.18. The van der Waals surface area contributed by atoms with Crippen LogP contribution in [0.5, 0.6) is 0 Å². The van der Waals surface area contributed by atoms with Gasteiger partial charge in [-0.1, -0.05) is 51.2 Å². The fraction of sp³-hybridized carbons (Fsp3) is 0.682. The predicted octanol–water partition coefficient (Wildman–Crippen LogP) is 3.66. The topological polar surface area (TPSA) is 73.9 Å². The first-order valence-corrected chi connectivity index (χ1v) is 10.7. The van der Waals surface area contributed by atoms with E-state index in [1.165, 1.54) is 43.4 Å². The molecule has 0 atom stereocenters. The van der Waals surface area contributed by atoms with Gasteiger partial charge in [0.05, 0.1) is 6.54 Å². The van der Waals surface area contributed by atoms with E-state index in [-0.39, 0.29) is 0 Å². The molecule has 1 aliphatic rings. The van der Waals surface area contributed by atoms with Crippen molar-refractivity contribution in [3.05, 3.63) is 29.8 Å². The van der Waals surface area contributed by atoms with Crippen LogP contribution in [0.1, 0.15) is 63.9 Å². The number of nitrogens with zero attached hydrogens (tertiary/aromatic N) is 2. The highest BCUT2D eigenvalue weighted by atomic mass is 16.3. The molecule has 0 bridgehead atoms. The third-order valence-corrected chi connectivity index (χ3v) is 5.44. The van der Waals surface area contributed by atoms with Crippen molar-refractivity contribution in [2.24, 2.45) is 16.6 Å². The number of hydrogen-bond acceptors (Lipinski definition) is 3. The van der Waals surface area contributed by atoms with E-state index in [1.54, 1.807) is 0 Å². The van der Waals surface area contributed by atoms with Crippen LogP contribution in [0.4, 0.5) is 5.69 Å². The van der Waals surface area contributed by atoms with Gasteiger partial charge in [0.1, 0.15) is 0 Å². The molecule has 0 unspecified atom stereocenters. The first-order chi connectivity index (χ1) is 13.2. The van der Waals surface area contributed by atoms with Gasteiger partial charge in [0.25, 0.3) is 0 Å². The number of guanidine groups is 1. The second-order valence-corrected chi connectivity index (χ2v) is 7.68. The molecule has 0 aromatic heterocycles. The summed E-state index contributed by atoms with van der Waals surface area (Å²) in [5, 5.41) is 12.5. The fourth-order valence-electron chi connectivity index (χ4n) is 3.54. The van der Waals surface area contributed by atoms with Crippen LogP contribution in [0.15, 0.2) is 29.3 Å². The fourth-order valence-corrected chi connectivity index (χ4v) is 3.54.